The van der Waals surface area contributed by atoms with Gasteiger partial charge >= 0.3 is 11.8 Å². The van der Waals surface area contributed by atoms with Gasteiger partial charge in [0.15, 0.2) is 5.65 Å². The van der Waals surface area contributed by atoms with Gasteiger partial charge in [-0.05, 0) is 113 Å². The molecule has 3 aromatic carbocycles. The number of rotatable bonds is 10. The van der Waals surface area contributed by atoms with E-state index in [9.17, 15) is 23.6 Å². The van der Waals surface area contributed by atoms with Gasteiger partial charge in [0.1, 0.15) is 17.5 Å². The van der Waals surface area contributed by atoms with E-state index in [4.69, 9.17) is 4.74 Å². The first kappa shape index (κ1) is 41.5. The number of carbonyl (C=O) groups is 2. The third-order valence-electron chi connectivity index (χ3n) is 11.2. The van der Waals surface area contributed by atoms with Gasteiger partial charge in [-0.15, -0.1) is 0 Å². The molecule has 7 rings (SSSR count). The number of ether oxygens (including phenoxy) is 1. The molecule has 1 aliphatic heterocycles. The van der Waals surface area contributed by atoms with E-state index in [0.29, 0.717) is 31.4 Å². The Morgan fingerprint density at radius 2 is 1.61 bits per heavy atom. The maximum absolute atomic E-state index is 14.7. The lowest BCUT2D eigenvalue weighted by molar-refractivity contribution is -0.124. The lowest BCUT2D eigenvalue weighted by Gasteiger charge is -2.31. The molecule has 0 spiro atoms. The first-order valence-electron chi connectivity index (χ1n) is 20.6. The normalized spacial score (nSPS) is 18.5. The van der Waals surface area contributed by atoms with Crippen LogP contribution in [0.3, 0.4) is 0 Å². The van der Waals surface area contributed by atoms with Crippen LogP contribution in [0.2, 0.25) is 0 Å². The highest BCUT2D eigenvalue weighted by Crippen LogP contribution is 2.29. The third kappa shape index (κ3) is 10.3. The van der Waals surface area contributed by atoms with Crippen LogP contribution in [0.4, 0.5) is 9.18 Å². The number of carbonyl (C=O) groups excluding carboxylic acids is 2. The molecule has 310 valence electrons. The Kier molecular flexibility index (Phi) is 12.7. The Labute approximate surface area is 344 Å². The van der Waals surface area contributed by atoms with E-state index in [0.717, 1.165) is 68.1 Å². The standard InChI is InChI=1S/C46H54FN7O5/c1-46(2,3)59-44(57)50-40(26-31-10-6-5-7-11-31)42(55)49-36-18-20-37(21-19-36)54-43(56)39-28-35(47)29-48-41(39)53(45(54)58)38-13-8-12-34(27-38)33-16-14-32(15-17-33)30-52-23-9-22-51(4)24-25-52/h5-8,10-17,27-29,36-37,40H,9,18-26,30H2,1-4H3,(H,49,55)(H,50,57)/t36?,37?,40-/m0/s1. The molecule has 2 fully saturated rings. The van der Waals surface area contributed by atoms with E-state index in [1.165, 1.54) is 14.7 Å². The number of hydrogen-bond acceptors (Lipinski definition) is 8. The van der Waals surface area contributed by atoms with E-state index < -0.39 is 40.8 Å². The minimum Gasteiger partial charge on any atom is -0.444 e. The van der Waals surface area contributed by atoms with Crippen molar-refractivity contribution in [1.29, 1.82) is 0 Å². The number of fused-ring (bicyclic) bond motifs is 1. The van der Waals surface area contributed by atoms with Gasteiger partial charge < -0.3 is 20.3 Å². The molecule has 0 radical (unpaired) electrons. The summed E-state index contributed by atoms with van der Waals surface area (Å²) in [7, 11) is 2.17. The van der Waals surface area contributed by atoms with Crippen LogP contribution < -0.4 is 21.9 Å². The van der Waals surface area contributed by atoms with Crippen molar-refractivity contribution in [3.63, 3.8) is 0 Å². The SMILES string of the molecule is CN1CCCN(Cc2ccc(-c3cccc(-n4c(=O)n(C5CCC(NC(=O)[C@H](Cc6ccccc6)NC(=O)OC(C)(C)C)CC5)c(=O)c5cc(F)cnc54)c3)cc2)CC1. The molecular weight excluding hydrogens is 750 g/mol. The Balaban J connectivity index is 1.10. The predicted molar refractivity (Wildman–Crippen MR) is 227 cm³/mol. The molecule has 2 aromatic heterocycles. The second kappa shape index (κ2) is 18.1. The molecule has 59 heavy (non-hydrogen) atoms. The van der Waals surface area contributed by atoms with E-state index in [1.54, 1.807) is 26.8 Å². The molecule has 1 saturated heterocycles. The average molecular weight is 804 g/mol. The molecule has 12 nitrogen and oxygen atoms in total. The maximum Gasteiger partial charge on any atom is 0.408 e. The van der Waals surface area contributed by atoms with Crippen LogP contribution in [0.5, 0.6) is 0 Å². The molecule has 0 unspecified atom stereocenters. The lowest BCUT2D eigenvalue weighted by Crippen LogP contribution is -2.52. The molecule has 2 N–H and O–H groups in total. The van der Waals surface area contributed by atoms with Gasteiger partial charge in [0.05, 0.1) is 17.3 Å². The highest BCUT2D eigenvalue weighted by atomic mass is 19.1. The summed E-state index contributed by atoms with van der Waals surface area (Å²) in [5.41, 5.74) is 2.65. The Bertz CT molecular complexity index is 2380. The van der Waals surface area contributed by atoms with Crippen molar-refractivity contribution in [1.82, 2.24) is 34.6 Å². The molecule has 5 aromatic rings. The minimum absolute atomic E-state index is 0.00598. The summed E-state index contributed by atoms with van der Waals surface area (Å²) in [4.78, 5) is 64.0. The van der Waals surface area contributed by atoms with Gasteiger partial charge in [0.25, 0.3) is 5.56 Å². The molecule has 2 amide bonds. The lowest BCUT2D eigenvalue weighted by atomic mass is 9.90. The number of amides is 2. The molecule has 1 aliphatic carbocycles. The van der Waals surface area contributed by atoms with Gasteiger partial charge in [0, 0.05) is 38.1 Å². The Morgan fingerprint density at radius 3 is 2.34 bits per heavy atom. The number of halogens is 1. The third-order valence-corrected chi connectivity index (χ3v) is 11.2. The van der Waals surface area contributed by atoms with Crippen molar-refractivity contribution >= 4 is 23.0 Å². The van der Waals surface area contributed by atoms with Crippen LogP contribution in [-0.2, 0) is 22.5 Å². The number of pyridine rings is 1. The minimum atomic E-state index is -0.886. The predicted octanol–water partition coefficient (Wildman–Crippen LogP) is 6.23. The van der Waals surface area contributed by atoms with Gasteiger partial charge in [0.2, 0.25) is 5.91 Å². The first-order chi connectivity index (χ1) is 28.3. The molecular formula is C46H54FN7O5. The number of nitrogens with zero attached hydrogens (tertiary/aromatic N) is 5. The molecule has 0 bridgehead atoms. The van der Waals surface area contributed by atoms with Crippen molar-refractivity contribution in [2.24, 2.45) is 0 Å². The number of nitrogens with one attached hydrogen (secondary N) is 2. The molecule has 1 atom stereocenters. The Morgan fingerprint density at radius 1 is 0.864 bits per heavy atom. The Hall–Kier alpha value is -5.66. The summed E-state index contributed by atoms with van der Waals surface area (Å²) in [6.45, 7) is 10.4. The second-order valence-corrected chi connectivity index (χ2v) is 16.9. The van der Waals surface area contributed by atoms with E-state index in [-0.39, 0.29) is 29.4 Å². The summed E-state index contributed by atoms with van der Waals surface area (Å²) in [5, 5.41) is 5.83. The summed E-state index contributed by atoms with van der Waals surface area (Å²) >= 11 is 0. The fourth-order valence-corrected chi connectivity index (χ4v) is 8.17. The van der Waals surface area contributed by atoms with E-state index >= 15 is 0 Å². The number of likely N-dealkylation sites (N-methyl/N-ethyl adjacent to an activating group) is 1. The quantitative estimate of drug-likeness (QED) is 0.170. The number of aromatic nitrogens is 3. The second-order valence-electron chi connectivity index (χ2n) is 16.9. The first-order valence-corrected chi connectivity index (χ1v) is 20.6. The smallest absolute Gasteiger partial charge is 0.408 e. The van der Waals surface area contributed by atoms with Crippen LogP contribution in [-0.4, -0.2) is 86.8 Å². The highest BCUT2D eigenvalue weighted by Gasteiger charge is 2.31. The largest absolute Gasteiger partial charge is 0.444 e. The van der Waals surface area contributed by atoms with Crippen molar-refractivity contribution in [2.45, 2.75) is 89.6 Å². The molecule has 2 aliphatic rings. The zero-order valence-corrected chi connectivity index (χ0v) is 34.3. The van der Waals surface area contributed by atoms with Gasteiger partial charge in [-0.25, -0.2) is 23.5 Å². The van der Waals surface area contributed by atoms with Crippen molar-refractivity contribution in [3.8, 4) is 16.8 Å². The van der Waals surface area contributed by atoms with Gasteiger partial charge in [-0.1, -0.05) is 66.7 Å². The summed E-state index contributed by atoms with van der Waals surface area (Å²) < 4.78 is 22.8. The van der Waals surface area contributed by atoms with Crippen molar-refractivity contribution in [2.75, 3.05) is 33.2 Å². The molecule has 13 heteroatoms. The zero-order valence-electron chi connectivity index (χ0n) is 34.3. The fourth-order valence-electron chi connectivity index (χ4n) is 8.17. The van der Waals surface area contributed by atoms with E-state index in [1.807, 2.05) is 48.5 Å². The summed E-state index contributed by atoms with van der Waals surface area (Å²) in [6, 6.07) is 24.9. The highest BCUT2D eigenvalue weighted by molar-refractivity contribution is 5.86. The van der Waals surface area contributed by atoms with Crippen LogP contribution in [0.25, 0.3) is 27.8 Å². The van der Waals surface area contributed by atoms with Gasteiger partial charge in [-0.2, -0.15) is 0 Å². The number of benzene rings is 3. The van der Waals surface area contributed by atoms with Crippen LogP contribution in [0.15, 0.2) is 101 Å². The average Bonchev–Trinajstić information content (AvgIpc) is 3.42. The van der Waals surface area contributed by atoms with Crippen molar-refractivity contribution < 1.29 is 18.7 Å². The van der Waals surface area contributed by atoms with Crippen LogP contribution in [0, 0.1) is 5.82 Å². The number of hydrogen-bond donors (Lipinski definition) is 2. The summed E-state index contributed by atoms with van der Waals surface area (Å²) in [6.07, 6.45) is 3.53. The zero-order chi connectivity index (χ0) is 41.7. The van der Waals surface area contributed by atoms with Crippen LogP contribution in [0.1, 0.15) is 70.0 Å². The maximum atomic E-state index is 14.7. The number of alkyl carbamates (subject to hydrolysis) is 1. The summed E-state index contributed by atoms with van der Waals surface area (Å²) in [5.74, 6) is -1.03. The van der Waals surface area contributed by atoms with Crippen molar-refractivity contribution in [3.05, 3.63) is 129 Å². The van der Waals surface area contributed by atoms with Crippen LogP contribution >= 0.6 is 0 Å². The monoisotopic (exact) mass is 803 g/mol. The molecule has 3 heterocycles. The fraction of sp³-hybridized carbons (Fsp3) is 0.413. The van der Waals surface area contributed by atoms with E-state index in [2.05, 4.69) is 56.7 Å². The van der Waals surface area contributed by atoms with Gasteiger partial charge in [-0.3, -0.25) is 19.1 Å². The molecule has 1 saturated carbocycles. The topological polar surface area (TPSA) is 131 Å².